The van der Waals surface area contributed by atoms with Crippen LogP contribution in [0.4, 0.5) is 5.95 Å². The Hall–Kier alpha value is -4.79. The zero-order chi connectivity index (χ0) is 24.6. The average Bonchev–Trinajstić information content (AvgIpc) is 3.49. The third kappa shape index (κ3) is 4.11. The molecule has 3 aromatic heterocycles. The maximum atomic E-state index is 13.0. The number of hydrogen-bond acceptors (Lipinski definition) is 5. The maximum absolute atomic E-state index is 13.0. The minimum Gasteiger partial charge on any atom is -0.345 e. The number of hydrogen-bond donors (Lipinski definition) is 4. The molecular formula is C27H23N7O2. The molecule has 5 aromatic rings. The minimum atomic E-state index is -0.393. The predicted octanol–water partition coefficient (Wildman–Crippen LogP) is 4.22. The van der Waals surface area contributed by atoms with Gasteiger partial charge in [-0.05, 0) is 42.0 Å². The topological polar surface area (TPSA) is 128 Å². The van der Waals surface area contributed by atoms with E-state index in [0.717, 1.165) is 28.6 Å². The summed E-state index contributed by atoms with van der Waals surface area (Å²) in [6, 6.07) is 14.7. The van der Waals surface area contributed by atoms with Crippen molar-refractivity contribution in [3.8, 4) is 0 Å². The third-order valence-corrected chi connectivity index (χ3v) is 6.24. The molecule has 0 spiro atoms. The van der Waals surface area contributed by atoms with E-state index in [-0.39, 0.29) is 24.1 Å². The molecule has 4 N–H and O–H groups in total. The van der Waals surface area contributed by atoms with Crippen LogP contribution in [0.3, 0.4) is 0 Å². The van der Waals surface area contributed by atoms with Gasteiger partial charge in [-0.15, -0.1) is 0 Å². The molecule has 36 heavy (non-hydrogen) atoms. The normalized spacial score (nSPS) is 14.6. The van der Waals surface area contributed by atoms with E-state index < -0.39 is 5.91 Å². The number of H-pyrrole nitrogens is 2. The Bertz CT molecular complexity index is 1660. The van der Waals surface area contributed by atoms with Gasteiger partial charge >= 0.3 is 0 Å². The monoisotopic (exact) mass is 477 g/mol. The summed E-state index contributed by atoms with van der Waals surface area (Å²) < 4.78 is 0. The summed E-state index contributed by atoms with van der Waals surface area (Å²) >= 11 is 0. The molecule has 0 aliphatic heterocycles. The van der Waals surface area contributed by atoms with Gasteiger partial charge in [0.1, 0.15) is 17.0 Å². The Labute approximate surface area is 206 Å². The van der Waals surface area contributed by atoms with Crippen molar-refractivity contribution < 1.29 is 9.59 Å². The number of anilines is 1. The molecule has 9 nitrogen and oxygen atoms in total. The van der Waals surface area contributed by atoms with E-state index in [0.29, 0.717) is 28.3 Å². The number of pyridine rings is 1. The van der Waals surface area contributed by atoms with Crippen LogP contribution in [0.1, 0.15) is 45.0 Å². The van der Waals surface area contributed by atoms with Crippen LogP contribution in [-0.2, 0) is 13.0 Å². The van der Waals surface area contributed by atoms with Crippen molar-refractivity contribution >= 4 is 45.6 Å². The first kappa shape index (κ1) is 21.7. The zero-order valence-electron chi connectivity index (χ0n) is 19.5. The summed E-state index contributed by atoms with van der Waals surface area (Å²) in [7, 11) is 0. The molecule has 0 radical (unpaired) electrons. The van der Waals surface area contributed by atoms with Gasteiger partial charge in [0.15, 0.2) is 0 Å². The lowest BCUT2D eigenvalue weighted by Crippen LogP contribution is -2.23. The molecule has 2 amide bonds. The van der Waals surface area contributed by atoms with Gasteiger partial charge in [0.05, 0.1) is 23.3 Å². The first-order chi connectivity index (χ1) is 17.5. The van der Waals surface area contributed by atoms with Gasteiger partial charge in [0, 0.05) is 17.3 Å². The van der Waals surface area contributed by atoms with Crippen LogP contribution in [0.5, 0.6) is 0 Å². The van der Waals surface area contributed by atoms with E-state index in [1.54, 1.807) is 30.5 Å². The Morgan fingerprint density at radius 3 is 2.78 bits per heavy atom. The summed E-state index contributed by atoms with van der Waals surface area (Å²) in [5, 5.41) is 7.53. The third-order valence-electron chi connectivity index (χ3n) is 6.24. The van der Waals surface area contributed by atoms with Gasteiger partial charge in [-0.1, -0.05) is 43.3 Å². The lowest BCUT2D eigenvalue weighted by molar-refractivity contribution is 0.0950. The number of carbonyl (C=O) groups excluding carboxylic acids is 2. The smallest absolute Gasteiger partial charge is 0.276 e. The molecule has 0 saturated heterocycles. The number of para-hydroxylation sites is 1. The molecule has 9 heteroatoms. The Balaban J connectivity index is 1.18. The number of aromatic amines is 2. The quantitative estimate of drug-likeness (QED) is 0.301. The molecule has 1 atom stereocenters. The summed E-state index contributed by atoms with van der Waals surface area (Å²) in [6.45, 7) is 2.42. The second-order valence-electron chi connectivity index (χ2n) is 8.93. The second kappa shape index (κ2) is 8.77. The van der Waals surface area contributed by atoms with Crippen LogP contribution in [0.15, 0.2) is 60.8 Å². The maximum Gasteiger partial charge on any atom is 0.276 e. The van der Waals surface area contributed by atoms with E-state index >= 15 is 0 Å². The fourth-order valence-corrected chi connectivity index (χ4v) is 4.41. The van der Waals surface area contributed by atoms with Crippen molar-refractivity contribution in [2.75, 3.05) is 5.32 Å². The van der Waals surface area contributed by atoms with E-state index in [4.69, 9.17) is 0 Å². The van der Waals surface area contributed by atoms with Crippen LogP contribution in [-0.4, -0.2) is 36.7 Å². The largest absolute Gasteiger partial charge is 0.345 e. The highest BCUT2D eigenvalue weighted by molar-refractivity contribution is 6.07. The summed E-state index contributed by atoms with van der Waals surface area (Å²) in [5.41, 5.74) is 3.79. The fraction of sp³-hybridized carbons (Fsp3) is 0.148. The van der Waals surface area contributed by atoms with Crippen LogP contribution < -0.4 is 10.6 Å². The van der Waals surface area contributed by atoms with Gasteiger partial charge in [-0.3, -0.25) is 19.9 Å². The molecule has 178 valence electrons. The number of fused-ring (bicyclic) bond motifs is 3. The van der Waals surface area contributed by atoms with E-state index in [2.05, 4.69) is 48.6 Å². The molecule has 0 saturated carbocycles. The number of rotatable bonds is 5. The number of carbonyl (C=O) groups is 2. The van der Waals surface area contributed by atoms with Gasteiger partial charge < -0.3 is 15.3 Å². The SMILES string of the molecule is CC1C=Cc2nc(CNC(=O)c3cccc4[nH]c(NC(=O)c5cc6ccccc6cn5)nc34)[nH]c2C1. The highest BCUT2D eigenvalue weighted by Crippen LogP contribution is 2.22. The number of nitrogens with zero attached hydrogens (tertiary/aromatic N) is 3. The molecule has 1 aliphatic rings. The highest BCUT2D eigenvalue weighted by Gasteiger charge is 2.18. The summed E-state index contributed by atoms with van der Waals surface area (Å²) in [5.74, 6) is 0.738. The van der Waals surface area contributed by atoms with Crippen molar-refractivity contribution in [3.05, 3.63) is 89.3 Å². The van der Waals surface area contributed by atoms with Crippen LogP contribution in [0, 0.1) is 5.92 Å². The number of aromatic nitrogens is 5. The van der Waals surface area contributed by atoms with Gasteiger partial charge in [-0.2, -0.15) is 0 Å². The Kier molecular flexibility index (Phi) is 5.29. The first-order valence-corrected chi connectivity index (χ1v) is 11.7. The number of nitrogens with one attached hydrogen (secondary N) is 4. The van der Waals surface area contributed by atoms with Crippen molar-refractivity contribution in [1.29, 1.82) is 0 Å². The number of imidazole rings is 2. The Morgan fingerprint density at radius 1 is 1.03 bits per heavy atom. The van der Waals surface area contributed by atoms with Crippen LogP contribution in [0.2, 0.25) is 0 Å². The molecule has 1 aliphatic carbocycles. The Morgan fingerprint density at radius 2 is 1.89 bits per heavy atom. The molecule has 0 fully saturated rings. The number of benzene rings is 2. The van der Waals surface area contributed by atoms with Crippen molar-refractivity contribution in [2.24, 2.45) is 5.92 Å². The lowest BCUT2D eigenvalue weighted by atomic mass is 9.99. The molecular weight excluding hydrogens is 454 g/mol. The first-order valence-electron chi connectivity index (χ1n) is 11.7. The zero-order valence-corrected chi connectivity index (χ0v) is 19.5. The molecule has 0 bridgehead atoms. The van der Waals surface area contributed by atoms with Gasteiger partial charge in [0.2, 0.25) is 5.95 Å². The van der Waals surface area contributed by atoms with E-state index in [1.165, 1.54) is 0 Å². The minimum absolute atomic E-state index is 0.241. The van der Waals surface area contributed by atoms with E-state index in [1.807, 2.05) is 30.3 Å². The van der Waals surface area contributed by atoms with E-state index in [9.17, 15) is 9.59 Å². The van der Waals surface area contributed by atoms with Crippen molar-refractivity contribution in [1.82, 2.24) is 30.2 Å². The molecule has 2 aromatic carbocycles. The van der Waals surface area contributed by atoms with Crippen molar-refractivity contribution in [2.45, 2.75) is 19.9 Å². The summed E-state index contributed by atoms with van der Waals surface area (Å²) in [4.78, 5) is 45.4. The molecule has 3 heterocycles. The second-order valence-corrected chi connectivity index (χ2v) is 8.93. The number of amides is 2. The number of allylic oxidation sites excluding steroid dienone is 1. The molecule has 1 unspecified atom stereocenters. The standard InChI is InChI=1S/C27H23N7O2/c1-15-9-10-19-21(11-15)31-23(30-19)14-29-25(35)18-7-4-8-20-24(18)33-27(32-20)34-26(36)22-12-16-5-2-3-6-17(16)13-28-22/h2-10,12-13,15H,11,14H2,1H3,(H,29,35)(H,30,31)(H2,32,33,34,36). The fourth-order valence-electron chi connectivity index (χ4n) is 4.41. The van der Waals surface area contributed by atoms with Gasteiger partial charge in [-0.25, -0.2) is 9.97 Å². The molecule has 6 rings (SSSR count). The average molecular weight is 478 g/mol. The van der Waals surface area contributed by atoms with Crippen LogP contribution >= 0.6 is 0 Å². The summed E-state index contributed by atoms with van der Waals surface area (Å²) in [6.07, 6.45) is 6.72. The van der Waals surface area contributed by atoms with Crippen LogP contribution in [0.25, 0.3) is 27.9 Å². The van der Waals surface area contributed by atoms with Gasteiger partial charge in [0.25, 0.3) is 11.8 Å². The lowest BCUT2D eigenvalue weighted by Gasteiger charge is -2.09. The highest BCUT2D eigenvalue weighted by atomic mass is 16.2. The van der Waals surface area contributed by atoms with Crippen molar-refractivity contribution in [3.63, 3.8) is 0 Å². The predicted molar refractivity (Wildman–Crippen MR) is 137 cm³/mol.